The Bertz CT molecular complexity index is 224. The summed E-state index contributed by atoms with van der Waals surface area (Å²) in [7, 11) is 0.231. The highest BCUT2D eigenvalue weighted by atomic mass is 31.1. The first-order chi connectivity index (χ1) is 8.17. The van der Waals surface area contributed by atoms with E-state index in [1.54, 1.807) is 0 Å². The fourth-order valence-corrected chi connectivity index (χ4v) is 2.99. The quantitative estimate of drug-likeness (QED) is 0.527. The van der Waals surface area contributed by atoms with E-state index in [1.807, 2.05) is 6.08 Å². The molecule has 0 amide bonds. The van der Waals surface area contributed by atoms with Gasteiger partial charge in [-0.25, -0.2) is 0 Å². The molecule has 0 radical (unpaired) electrons. The lowest BCUT2D eigenvalue weighted by Crippen LogP contribution is -2.40. The van der Waals surface area contributed by atoms with Crippen LogP contribution in [0.25, 0.3) is 0 Å². The standard InChI is InChI=1S/C12H24O3P2/c1-5-6-11-12(15-16-2)8-7-10(14-11)9-13-17(3)4/h5,10-12,16H,1,6-9H2,2-4H3. The number of rotatable bonds is 7. The molecule has 1 aliphatic heterocycles. The molecule has 1 heterocycles. The van der Waals surface area contributed by atoms with Crippen LogP contribution in [0.3, 0.4) is 0 Å². The molecule has 0 bridgehead atoms. The van der Waals surface area contributed by atoms with Gasteiger partial charge in [0.15, 0.2) is 0 Å². The topological polar surface area (TPSA) is 27.7 Å². The van der Waals surface area contributed by atoms with Gasteiger partial charge in [0.2, 0.25) is 0 Å². The van der Waals surface area contributed by atoms with E-state index < -0.39 is 0 Å². The third kappa shape index (κ3) is 5.77. The monoisotopic (exact) mass is 278 g/mol. The fraction of sp³-hybridized carbons (Fsp3) is 0.833. The van der Waals surface area contributed by atoms with Gasteiger partial charge >= 0.3 is 0 Å². The maximum Gasteiger partial charge on any atom is 0.0879 e. The average molecular weight is 278 g/mol. The first kappa shape index (κ1) is 15.5. The van der Waals surface area contributed by atoms with Gasteiger partial charge in [-0.3, -0.25) is 0 Å². The van der Waals surface area contributed by atoms with Crippen LogP contribution >= 0.6 is 17.0 Å². The molecule has 0 aromatic carbocycles. The molecule has 5 heteroatoms. The molecule has 0 spiro atoms. The minimum absolute atomic E-state index is 0.155. The van der Waals surface area contributed by atoms with Crippen LogP contribution in [0.15, 0.2) is 12.7 Å². The maximum atomic E-state index is 6.04. The fourth-order valence-electron chi connectivity index (χ4n) is 1.95. The normalized spacial score (nSPS) is 30.2. The molecular formula is C12H24O3P2. The lowest BCUT2D eigenvalue weighted by atomic mass is 9.99. The summed E-state index contributed by atoms with van der Waals surface area (Å²) in [6.07, 6.45) is 5.49. The van der Waals surface area contributed by atoms with E-state index in [4.69, 9.17) is 13.8 Å². The second-order valence-corrected chi connectivity index (χ2v) is 6.89. The van der Waals surface area contributed by atoms with Gasteiger partial charge in [-0.15, -0.1) is 6.58 Å². The van der Waals surface area contributed by atoms with Crippen LogP contribution in [0.4, 0.5) is 0 Å². The summed E-state index contributed by atoms with van der Waals surface area (Å²) in [4.78, 5) is 0. The average Bonchev–Trinajstić information content (AvgIpc) is 2.30. The Morgan fingerprint density at radius 1 is 1.47 bits per heavy atom. The van der Waals surface area contributed by atoms with Crippen molar-refractivity contribution >= 4 is 17.0 Å². The Morgan fingerprint density at radius 2 is 2.24 bits per heavy atom. The van der Waals surface area contributed by atoms with Crippen LogP contribution in [0.1, 0.15) is 19.3 Å². The van der Waals surface area contributed by atoms with Crippen LogP contribution in [-0.4, -0.2) is 44.9 Å². The third-order valence-corrected chi connectivity index (χ3v) is 3.95. The highest BCUT2D eigenvalue weighted by Crippen LogP contribution is 2.31. The molecule has 0 aliphatic carbocycles. The number of ether oxygens (including phenoxy) is 1. The molecule has 17 heavy (non-hydrogen) atoms. The van der Waals surface area contributed by atoms with Gasteiger partial charge in [0.1, 0.15) is 0 Å². The van der Waals surface area contributed by atoms with Crippen molar-refractivity contribution in [2.24, 2.45) is 0 Å². The van der Waals surface area contributed by atoms with Gasteiger partial charge in [0.25, 0.3) is 0 Å². The van der Waals surface area contributed by atoms with Crippen molar-refractivity contribution in [2.45, 2.75) is 37.6 Å². The Hall–Kier alpha value is 0.480. The van der Waals surface area contributed by atoms with E-state index in [-0.39, 0.29) is 26.5 Å². The predicted molar refractivity (Wildman–Crippen MR) is 76.5 cm³/mol. The van der Waals surface area contributed by atoms with Crippen molar-refractivity contribution in [1.82, 2.24) is 0 Å². The van der Waals surface area contributed by atoms with Crippen molar-refractivity contribution in [2.75, 3.05) is 26.6 Å². The zero-order valence-electron chi connectivity index (χ0n) is 11.0. The summed E-state index contributed by atoms with van der Waals surface area (Å²) in [5.41, 5.74) is 0. The van der Waals surface area contributed by atoms with Crippen LogP contribution in [0.2, 0.25) is 0 Å². The van der Waals surface area contributed by atoms with Gasteiger partial charge in [-0.2, -0.15) is 0 Å². The van der Waals surface area contributed by atoms with E-state index in [0.717, 1.165) is 19.3 Å². The van der Waals surface area contributed by atoms with E-state index >= 15 is 0 Å². The second-order valence-electron chi connectivity index (χ2n) is 4.37. The molecule has 100 valence electrons. The SMILES string of the molecule is C=CCC1OC(COP(C)C)CCC1OPC. The molecule has 1 fully saturated rings. The predicted octanol–water partition coefficient (Wildman–Crippen LogP) is 3.39. The van der Waals surface area contributed by atoms with Crippen molar-refractivity contribution in [3.8, 4) is 0 Å². The van der Waals surface area contributed by atoms with Crippen molar-refractivity contribution in [3.05, 3.63) is 12.7 Å². The van der Waals surface area contributed by atoms with Gasteiger partial charge in [0, 0.05) is 17.0 Å². The molecule has 0 saturated carbocycles. The molecular weight excluding hydrogens is 254 g/mol. The molecule has 0 N–H and O–H groups in total. The Balaban J connectivity index is 2.40. The van der Waals surface area contributed by atoms with Crippen LogP contribution in [-0.2, 0) is 13.8 Å². The van der Waals surface area contributed by atoms with E-state index in [2.05, 4.69) is 26.6 Å². The molecule has 0 aromatic heterocycles. The van der Waals surface area contributed by atoms with Crippen molar-refractivity contribution in [3.63, 3.8) is 0 Å². The summed E-state index contributed by atoms with van der Waals surface area (Å²) < 4.78 is 17.5. The van der Waals surface area contributed by atoms with E-state index in [9.17, 15) is 0 Å². The third-order valence-electron chi connectivity index (χ3n) is 2.74. The number of hydrogen-bond acceptors (Lipinski definition) is 3. The summed E-state index contributed by atoms with van der Waals surface area (Å²) in [5, 5.41) is 0. The largest absolute Gasteiger partial charge is 0.370 e. The van der Waals surface area contributed by atoms with Gasteiger partial charge in [0.05, 0.1) is 24.9 Å². The summed E-state index contributed by atoms with van der Waals surface area (Å²) in [6.45, 7) is 10.8. The molecule has 0 aromatic rings. The molecule has 3 nitrogen and oxygen atoms in total. The van der Waals surface area contributed by atoms with Crippen LogP contribution < -0.4 is 0 Å². The summed E-state index contributed by atoms with van der Waals surface area (Å²) >= 11 is 0. The minimum Gasteiger partial charge on any atom is -0.370 e. The minimum atomic E-state index is -0.295. The first-order valence-corrected chi connectivity index (χ1v) is 9.62. The highest BCUT2D eigenvalue weighted by molar-refractivity contribution is 7.50. The summed E-state index contributed by atoms with van der Waals surface area (Å²) in [5.74, 6) is 0. The lowest BCUT2D eigenvalue weighted by molar-refractivity contribution is -0.113. The molecule has 4 atom stereocenters. The maximum absolute atomic E-state index is 6.04. The molecule has 4 unspecified atom stereocenters. The first-order valence-electron chi connectivity index (χ1n) is 6.06. The van der Waals surface area contributed by atoms with Gasteiger partial charge in [-0.05, 0) is 39.3 Å². The zero-order chi connectivity index (χ0) is 12.7. The molecule has 1 rings (SSSR count). The van der Waals surface area contributed by atoms with Crippen LogP contribution in [0, 0.1) is 0 Å². The van der Waals surface area contributed by atoms with Gasteiger partial charge in [-0.1, -0.05) is 6.08 Å². The molecule has 1 aliphatic rings. The van der Waals surface area contributed by atoms with Crippen molar-refractivity contribution < 1.29 is 13.8 Å². The van der Waals surface area contributed by atoms with E-state index in [1.165, 1.54) is 0 Å². The Kier molecular flexibility index (Phi) is 7.82. The molecule has 1 saturated heterocycles. The smallest absolute Gasteiger partial charge is 0.0879 e. The Labute approximate surface area is 108 Å². The van der Waals surface area contributed by atoms with Crippen LogP contribution in [0.5, 0.6) is 0 Å². The van der Waals surface area contributed by atoms with E-state index in [0.29, 0.717) is 15.4 Å². The second kappa shape index (κ2) is 8.56. The summed E-state index contributed by atoms with van der Waals surface area (Å²) in [6, 6.07) is 0. The highest BCUT2D eigenvalue weighted by Gasteiger charge is 2.31. The van der Waals surface area contributed by atoms with Gasteiger partial charge < -0.3 is 13.8 Å². The lowest BCUT2D eigenvalue weighted by Gasteiger charge is -2.36. The van der Waals surface area contributed by atoms with Crippen molar-refractivity contribution in [1.29, 1.82) is 0 Å². The number of hydrogen-bond donors (Lipinski definition) is 0. The zero-order valence-corrected chi connectivity index (χ0v) is 12.9. The Morgan fingerprint density at radius 3 is 2.82 bits per heavy atom.